The molecule has 0 saturated carbocycles. The molecule has 0 radical (unpaired) electrons. The number of rotatable bonds is 15. The van der Waals surface area contributed by atoms with Gasteiger partial charge in [0.15, 0.2) is 0 Å². The van der Waals surface area contributed by atoms with E-state index in [1.165, 1.54) is 0 Å². The first-order valence-electron chi connectivity index (χ1n) is 8.41. The van der Waals surface area contributed by atoms with Crippen LogP contribution in [0, 0.1) is 0 Å². The summed E-state index contributed by atoms with van der Waals surface area (Å²) in [6, 6.07) is 0. The summed E-state index contributed by atoms with van der Waals surface area (Å²) in [7, 11) is -3.77. The van der Waals surface area contributed by atoms with Crippen molar-refractivity contribution in [2.24, 2.45) is 0 Å². The monoisotopic (exact) mass is 351 g/mol. The van der Waals surface area contributed by atoms with Gasteiger partial charge >= 0.3 is 0 Å². The number of hydrogen-bond acceptors (Lipinski definition) is 3. The van der Waals surface area contributed by atoms with E-state index in [9.17, 15) is 12.8 Å². The molecule has 0 rings (SSSR count). The van der Waals surface area contributed by atoms with Crippen LogP contribution in [0.5, 0.6) is 0 Å². The fourth-order valence-electron chi connectivity index (χ4n) is 1.90. The zero-order valence-electron chi connectivity index (χ0n) is 14.3. The largest absolute Gasteiger partial charge is 0.310 e. The van der Waals surface area contributed by atoms with E-state index in [1.807, 2.05) is 12.2 Å². The summed E-state index contributed by atoms with van der Waals surface area (Å²) in [5.74, 6) is -0.122. The van der Waals surface area contributed by atoms with Gasteiger partial charge in [-0.15, -0.1) is 13.2 Å². The minimum atomic E-state index is -3.77. The summed E-state index contributed by atoms with van der Waals surface area (Å²) >= 11 is 0. The van der Waals surface area contributed by atoms with Gasteiger partial charge in [-0.2, -0.15) is 8.42 Å². The van der Waals surface area contributed by atoms with Crippen molar-refractivity contribution in [2.45, 2.75) is 57.8 Å². The van der Waals surface area contributed by atoms with Gasteiger partial charge in [-0.1, -0.05) is 57.1 Å². The molecule has 138 valence electrons. The Morgan fingerprint density at radius 3 is 1.57 bits per heavy atom. The van der Waals surface area contributed by atoms with Crippen molar-refractivity contribution in [2.75, 3.05) is 25.5 Å². The normalized spacial score (nSPS) is 10.7. The molecule has 0 atom stereocenters. The molecule has 0 fully saturated rings. The lowest BCUT2D eigenvalue weighted by molar-refractivity contribution is 0.448. The predicted molar refractivity (Wildman–Crippen MR) is 97.2 cm³/mol. The predicted octanol–water partition coefficient (Wildman–Crippen LogP) is 4.30. The molecule has 0 aromatic rings. The van der Waals surface area contributed by atoms with Gasteiger partial charge in [-0.3, -0.25) is 8.94 Å². The van der Waals surface area contributed by atoms with Crippen LogP contribution in [0.2, 0.25) is 0 Å². The molecule has 2 N–H and O–H groups in total. The molecule has 0 aliphatic rings. The third-order valence-corrected chi connectivity index (χ3v) is 3.92. The summed E-state index contributed by atoms with van der Waals surface area (Å²) < 4.78 is 41.0. The van der Waals surface area contributed by atoms with Crippen molar-refractivity contribution >= 4 is 10.1 Å². The molecule has 4 nitrogen and oxygen atoms in total. The van der Waals surface area contributed by atoms with Crippen molar-refractivity contribution in [1.82, 2.24) is 5.32 Å². The van der Waals surface area contributed by atoms with Gasteiger partial charge in [0.25, 0.3) is 10.1 Å². The molecule has 0 saturated heterocycles. The van der Waals surface area contributed by atoms with E-state index in [0.29, 0.717) is 12.8 Å². The first-order chi connectivity index (χ1) is 11.0. The average molecular weight is 352 g/mol. The molecule has 0 unspecified atom stereocenters. The van der Waals surface area contributed by atoms with Gasteiger partial charge in [0.2, 0.25) is 0 Å². The fourth-order valence-corrected chi connectivity index (χ4v) is 2.47. The molecule has 0 heterocycles. The topological polar surface area (TPSA) is 66.4 Å². The van der Waals surface area contributed by atoms with Crippen LogP contribution in [0.4, 0.5) is 4.39 Å². The molecular formula is C17H34FNO3S. The molecule has 0 aromatic heterocycles. The van der Waals surface area contributed by atoms with E-state index in [2.05, 4.69) is 18.5 Å². The molecule has 0 bridgehead atoms. The fraction of sp³-hybridized carbons (Fsp3) is 0.765. The zero-order chi connectivity index (χ0) is 17.8. The third-order valence-electron chi connectivity index (χ3n) is 3.11. The zero-order valence-corrected chi connectivity index (χ0v) is 15.1. The van der Waals surface area contributed by atoms with Crippen molar-refractivity contribution < 1.29 is 17.4 Å². The Morgan fingerprint density at radius 2 is 1.22 bits per heavy atom. The smallest absolute Gasteiger partial charge is 0.264 e. The van der Waals surface area contributed by atoms with Crippen molar-refractivity contribution in [1.29, 1.82) is 0 Å². The Hall–Kier alpha value is -0.720. The second kappa shape index (κ2) is 19.3. The lowest BCUT2D eigenvalue weighted by Gasteiger charge is -2.01. The maximum atomic E-state index is 11.7. The van der Waals surface area contributed by atoms with Crippen LogP contribution in [-0.4, -0.2) is 38.5 Å². The Morgan fingerprint density at radius 1 is 0.826 bits per heavy atom. The maximum Gasteiger partial charge on any atom is 0.264 e. The van der Waals surface area contributed by atoms with E-state index in [4.69, 9.17) is 4.55 Å². The van der Waals surface area contributed by atoms with Crippen molar-refractivity contribution in [3.8, 4) is 0 Å². The Kier molecular flexibility index (Phi) is 20.6. The highest BCUT2D eigenvalue weighted by atomic mass is 32.2. The number of unbranched alkanes of at least 4 members (excludes halogenated alkanes) is 8. The number of alkyl halides is 1. The molecule has 6 heteroatoms. The standard InChI is InChI=1S/C11H23FO3S.C6H11N/c12-10-8-6-4-2-1-3-5-7-9-11-16(13,14)15;1-3-5-7-6-4-2/h1-11H2,(H,13,14,15);3-4,7H,1-2,5-6H2. The summed E-state index contributed by atoms with van der Waals surface area (Å²) in [5.41, 5.74) is 0. The van der Waals surface area contributed by atoms with Gasteiger partial charge in [0.05, 0.1) is 12.4 Å². The first-order valence-corrected chi connectivity index (χ1v) is 10.0. The number of halogens is 1. The molecular weight excluding hydrogens is 317 g/mol. The lowest BCUT2D eigenvalue weighted by atomic mass is 10.1. The summed E-state index contributed by atoms with van der Waals surface area (Å²) in [6.07, 6.45) is 12.2. The molecule has 0 aliphatic carbocycles. The summed E-state index contributed by atoms with van der Waals surface area (Å²) in [5, 5.41) is 3.05. The van der Waals surface area contributed by atoms with Crippen molar-refractivity contribution in [3.05, 3.63) is 25.3 Å². The van der Waals surface area contributed by atoms with Crippen molar-refractivity contribution in [3.63, 3.8) is 0 Å². The van der Waals surface area contributed by atoms with Crippen LogP contribution in [0.25, 0.3) is 0 Å². The molecule has 0 aromatic carbocycles. The van der Waals surface area contributed by atoms with Gasteiger partial charge in [-0.05, 0) is 12.8 Å². The van der Waals surface area contributed by atoms with E-state index in [-0.39, 0.29) is 12.4 Å². The highest BCUT2D eigenvalue weighted by Crippen LogP contribution is 2.10. The van der Waals surface area contributed by atoms with E-state index < -0.39 is 10.1 Å². The minimum absolute atomic E-state index is 0.122. The maximum absolute atomic E-state index is 11.7. The van der Waals surface area contributed by atoms with Gasteiger partial charge in [-0.25, -0.2) is 0 Å². The second-order valence-electron chi connectivity index (χ2n) is 5.39. The van der Waals surface area contributed by atoms with Crippen LogP contribution < -0.4 is 5.32 Å². The third kappa shape index (κ3) is 29.8. The summed E-state index contributed by atoms with van der Waals surface area (Å²) in [4.78, 5) is 0. The van der Waals surface area contributed by atoms with Gasteiger partial charge < -0.3 is 5.32 Å². The molecule has 0 amide bonds. The van der Waals surface area contributed by atoms with E-state index >= 15 is 0 Å². The van der Waals surface area contributed by atoms with E-state index in [0.717, 1.165) is 58.0 Å². The SMILES string of the molecule is C=CCNCC=C.O=S(=O)(O)CCCCCCCCCCCF. The lowest BCUT2D eigenvalue weighted by Crippen LogP contribution is -2.11. The van der Waals surface area contributed by atoms with Gasteiger partial charge in [0, 0.05) is 13.1 Å². The van der Waals surface area contributed by atoms with Crippen LogP contribution >= 0.6 is 0 Å². The van der Waals surface area contributed by atoms with Crippen LogP contribution in [0.15, 0.2) is 25.3 Å². The quantitative estimate of drug-likeness (QED) is 0.262. The highest BCUT2D eigenvalue weighted by molar-refractivity contribution is 7.85. The molecule has 0 spiro atoms. The van der Waals surface area contributed by atoms with E-state index in [1.54, 1.807) is 0 Å². The number of hydrogen-bond donors (Lipinski definition) is 2. The molecule has 23 heavy (non-hydrogen) atoms. The highest BCUT2D eigenvalue weighted by Gasteiger charge is 2.02. The average Bonchev–Trinajstić information content (AvgIpc) is 2.49. The summed E-state index contributed by atoms with van der Waals surface area (Å²) in [6.45, 7) is 8.59. The van der Waals surface area contributed by atoms with Crippen LogP contribution in [0.1, 0.15) is 57.8 Å². The Bertz CT molecular complexity index is 351. The Balaban J connectivity index is 0. The minimum Gasteiger partial charge on any atom is -0.310 e. The van der Waals surface area contributed by atoms with Gasteiger partial charge in [0.1, 0.15) is 0 Å². The second-order valence-corrected chi connectivity index (χ2v) is 6.96. The first kappa shape index (κ1) is 24.5. The number of nitrogens with one attached hydrogen (secondary N) is 1. The van der Waals surface area contributed by atoms with Crippen LogP contribution in [-0.2, 0) is 10.1 Å². The van der Waals surface area contributed by atoms with Crippen LogP contribution in [0.3, 0.4) is 0 Å². The molecule has 0 aliphatic heterocycles. The Labute approximate surface area is 142 Å².